The molecule has 0 radical (unpaired) electrons. The Morgan fingerprint density at radius 3 is 2.77 bits per heavy atom. The molecule has 1 aromatic carbocycles. The molecular formula is C19H22N2O2S2Se. The number of ether oxygens (including phenoxy) is 1. The zero-order chi connectivity index (χ0) is 18.7. The number of amides is 1. The Labute approximate surface area is 170 Å². The predicted molar refractivity (Wildman–Crippen MR) is 114 cm³/mol. The van der Waals surface area contributed by atoms with Crippen molar-refractivity contribution >= 4 is 59.3 Å². The first-order chi connectivity index (χ1) is 12.6. The molecule has 0 N–H and O–H groups in total. The molecule has 2 aliphatic rings. The first-order valence-corrected chi connectivity index (χ1v) is 11.6. The van der Waals surface area contributed by atoms with Crippen LogP contribution in [0.1, 0.15) is 26.7 Å². The first kappa shape index (κ1) is 19.5. The fraction of sp³-hybridized carbons (Fsp3) is 0.368. The number of allylic oxidation sites excluding steroid dienone is 2. The fourth-order valence-electron chi connectivity index (χ4n) is 2.83. The molecule has 2 aliphatic heterocycles. The number of unbranched alkanes of at least 4 members (excludes halogenated alkanes) is 1. The molecule has 2 heterocycles. The average Bonchev–Trinajstić information content (AvgIpc) is 3.14. The number of thioether (sulfide) groups is 1. The number of hydrogen-bond acceptors (Lipinski definition) is 5. The zero-order valence-electron chi connectivity index (χ0n) is 15.2. The monoisotopic (exact) mass is 454 g/mol. The van der Waals surface area contributed by atoms with Crippen molar-refractivity contribution in [2.24, 2.45) is 0 Å². The van der Waals surface area contributed by atoms with Crippen LogP contribution < -0.4 is 14.1 Å². The summed E-state index contributed by atoms with van der Waals surface area (Å²) in [6, 6.07) is 6.24. The number of thiocarbonyl (C=S) groups is 1. The van der Waals surface area contributed by atoms with Gasteiger partial charge in [-0.2, -0.15) is 0 Å². The van der Waals surface area contributed by atoms with Crippen LogP contribution in [0.4, 0.5) is 5.69 Å². The molecule has 7 heteroatoms. The number of rotatable bonds is 6. The number of anilines is 1. The molecule has 138 valence electrons. The zero-order valence-corrected chi connectivity index (χ0v) is 18.5. The molecule has 0 aromatic heterocycles. The van der Waals surface area contributed by atoms with E-state index < -0.39 is 0 Å². The maximum atomic E-state index is 12.6. The number of nitrogens with zero attached hydrogens (tertiary/aromatic N) is 2. The van der Waals surface area contributed by atoms with Gasteiger partial charge in [0.2, 0.25) is 0 Å². The molecular weight excluding hydrogens is 431 g/mol. The molecule has 3 rings (SSSR count). The van der Waals surface area contributed by atoms with Crippen LogP contribution in [0, 0.1) is 0 Å². The molecule has 0 aliphatic carbocycles. The van der Waals surface area contributed by atoms with Crippen molar-refractivity contribution in [1.29, 1.82) is 0 Å². The normalized spacial score (nSPS) is 19.8. The molecule has 1 saturated heterocycles. The van der Waals surface area contributed by atoms with Crippen molar-refractivity contribution in [1.82, 2.24) is 4.90 Å². The van der Waals surface area contributed by atoms with Gasteiger partial charge < -0.3 is 0 Å². The van der Waals surface area contributed by atoms with Crippen molar-refractivity contribution in [3.63, 3.8) is 0 Å². The van der Waals surface area contributed by atoms with Gasteiger partial charge >= 0.3 is 171 Å². The molecule has 26 heavy (non-hydrogen) atoms. The Morgan fingerprint density at radius 1 is 1.27 bits per heavy atom. The molecule has 1 aromatic rings. The second kappa shape index (κ2) is 8.61. The van der Waals surface area contributed by atoms with Crippen molar-refractivity contribution in [3.05, 3.63) is 39.9 Å². The summed E-state index contributed by atoms with van der Waals surface area (Å²) in [7, 11) is 1.69. The number of hydrogen-bond donors (Lipinski definition) is 0. The summed E-state index contributed by atoms with van der Waals surface area (Å²) < 4.78 is 8.63. The molecule has 0 spiro atoms. The summed E-state index contributed by atoms with van der Waals surface area (Å²) in [4.78, 5) is 17.3. The van der Waals surface area contributed by atoms with Gasteiger partial charge in [-0.05, 0) is 0 Å². The van der Waals surface area contributed by atoms with E-state index in [0.717, 1.165) is 30.0 Å². The Hall–Kier alpha value is -1.27. The van der Waals surface area contributed by atoms with Crippen LogP contribution in [0.2, 0.25) is 0 Å². The standard InChI is InChI=1S/C19H22N2O2S2Se/c1-4-6-11-21-18(22)15(25-19(21)24)8-10-17-20(5-2)14-12-13(23-3)7-9-16(14)26-17/h7-10,12H,4-6,11H2,1-3H3/b15-8-,17-10+. The third kappa shape index (κ3) is 3.86. The molecule has 1 fully saturated rings. The number of fused-ring (bicyclic) bond motifs is 1. The van der Waals surface area contributed by atoms with E-state index in [2.05, 4.69) is 37.0 Å². The van der Waals surface area contributed by atoms with Crippen molar-refractivity contribution in [2.75, 3.05) is 25.1 Å². The third-order valence-corrected chi connectivity index (χ3v) is 8.01. The topological polar surface area (TPSA) is 32.8 Å². The van der Waals surface area contributed by atoms with E-state index in [9.17, 15) is 4.79 Å². The number of carbonyl (C=O) groups is 1. The SMILES string of the molecule is CCCCN1C(=O)/C(=C/C=C2/[Se]c3ccc(OC)cc3N2CC)SC1=S. The Bertz CT molecular complexity index is 792. The molecule has 0 bridgehead atoms. The maximum absolute atomic E-state index is 12.6. The quantitative estimate of drug-likeness (QED) is 0.375. The van der Waals surface area contributed by atoms with Crippen LogP contribution in [-0.2, 0) is 4.79 Å². The van der Waals surface area contributed by atoms with Gasteiger partial charge in [0.05, 0.1) is 0 Å². The van der Waals surface area contributed by atoms with Gasteiger partial charge in [0, 0.05) is 0 Å². The van der Waals surface area contributed by atoms with E-state index in [0.29, 0.717) is 10.9 Å². The van der Waals surface area contributed by atoms with Gasteiger partial charge in [-0.25, -0.2) is 0 Å². The second-order valence-corrected chi connectivity index (χ2v) is 9.80. The second-order valence-electron chi connectivity index (χ2n) is 5.89. The van der Waals surface area contributed by atoms with Crippen molar-refractivity contribution in [3.8, 4) is 5.75 Å². The third-order valence-electron chi connectivity index (χ3n) is 4.24. The Balaban J connectivity index is 1.81. The van der Waals surface area contributed by atoms with Crippen molar-refractivity contribution in [2.45, 2.75) is 26.7 Å². The predicted octanol–water partition coefficient (Wildman–Crippen LogP) is 3.25. The van der Waals surface area contributed by atoms with E-state index in [1.807, 2.05) is 12.1 Å². The molecule has 4 nitrogen and oxygen atoms in total. The van der Waals surface area contributed by atoms with E-state index in [1.54, 1.807) is 12.0 Å². The van der Waals surface area contributed by atoms with E-state index in [-0.39, 0.29) is 20.9 Å². The summed E-state index contributed by atoms with van der Waals surface area (Å²) >= 11 is 7.01. The summed E-state index contributed by atoms with van der Waals surface area (Å²) in [5.74, 6) is 0.911. The molecule has 0 atom stereocenters. The number of benzene rings is 1. The Morgan fingerprint density at radius 2 is 2.08 bits per heavy atom. The van der Waals surface area contributed by atoms with Crippen LogP contribution in [0.5, 0.6) is 5.75 Å². The van der Waals surface area contributed by atoms with Gasteiger partial charge in [-0.1, -0.05) is 0 Å². The van der Waals surface area contributed by atoms with Crippen LogP contribution in [0.15, 0.2) is 39.9 Å². The average molecular weight is 453 g/mol. The molecule has 1 amide bonds. The van der Waals surface area contributed by atoms with E-state index >= 15 is 0 Å². The van der Waals surface area contributed by atoms with Gasteiger partial charge in [-0.15, -0.1) is 0 Å². The van der Waals surface area contributed by atoms with Crippen molar-refractivity contribution < 1.29 is 9.53 Å². The number of carbonyl (C=O) groups excluding carboxylic acids is 1. The summed E-state index contributed by atoms with van der Waals surface area (Å²) in [6.45, 7) is 5.86. The van der Waals surface area contributed by atoms with E-state index in [1.165, 1.54) is 26.5 Å². The van der Waals surface area contributed by atoms with E-state index in [4.69, 9.17) is 17.0 Å². The summed E-state index contributed by atoms with van der Waals surface area (Å²) in [5, 5.41) is 0. The Kier molecular flexibility index (Phi) is 6.46. The first-order valence-electron chi connectivity index (χ1n) is 8.68. The molecule has 0 saturated carbocycles. The summed E-state index contributed by atoms with van der Waals surface area (Å²) in [5.41, 5.74) is 1.21. The molecule has 0 unspecified atom stereocenters. The van der Waals surface area contributed by atoms with Gasteiger partial charge in [-0.3, -0.25) is 0 Å². The van der Waals surface area contributed by atoms with Crippen LogP contribution in [0.25, 0.3) is 0 Å². The van der Waals surface area contributed by atoms with Gasteiger partial charge in [0.15, 0.2) is 0 Å². The minimum absolute atomic E-state index is 0.0398. The summed E-state index contributed by atoms with van der Waals surface area (Å²) in [6.07, 6.45) is 6.05. The van der Waals surface area contributed by atoms with Crippen LogP contribution >= 0.6 is 24.0 Å². The fourth-order valence-corrected chi connectivity index (χ4v) is 6.40. The van der Waals surface area contributed by atoms with Crippen LogP contribution in [-0.4, -0.2) is 50.3 Å². The van der Waals surface area contributed by atoms with Gasteiger partial charge in [0.25, 0.3) is 0 Å². The number of methoxy groups -OCH3 is 1. The minimum atomic E-state index is 0.0398. The van der Waals surface area contributed by atoms with Crippen LogP contribution in [0.3, 0.4) is 0 Å². The van der Waals surface area contributed by atoms with Gasteiger partial charge in [0.1, 0.15) is 0 Å².